The molecule has 0 saturated carbocycles. The second-order valence-corrected chi connectivity index (χ2v) is 4.53. The van der Waals surface area contributed by atoms with Gasteiger partial charge in [0.15, 0.2) is 0 Å². The van der Waals surface area contributed by atoms with Crippen molar-refractivity contribution in [1.82, 2.24) is 0 Å². The quantitative estimate of drug-likeness (QED) is 0.922. The molecule has 2 rings (SSSR count). The maximum atomic E-state index is 11.1. The Kier molecular flexibility index (Phi) is 3.36. The van der Waals surface area contributed by atoms with Gasteiger partial charge in [-0.3, -0.25) is 0 Å². The molecule has 0 unspecified atom stereocenters. The van der Waals surface area contributed by atoms with E-state index in [1.807, 2.05) is 0 Å². The van der Waals surface area contributed by atoms with Crippen LogP contribution in [0.15, 0.2) is 29.0 Å². The van der Waals surface area contributed by atoms with Gasteiger partial charge in [0.1, 0.15) is 5.75 Å². The zero-order valence-electron chi connectivity index (χ0n) is 8.94. The normalized spacial score (nSPS) is 10.2. The molecule has 0 amide bonds. The summed E-state index contributed by atoms with van der Waals surface area (Å²) in [4.78, 5) is 11.1. The fraction of sp³-hybridized carbons (Fsp3) is 0.0833. The van der Waals surface area contributed by atoms with Crippen LogP contribution >= 0.6 is 22.9 Å². The van der Waals surface area contributed by atoms with Crippen molar-refractivity contribution < 1.29 is 14.6 Å². The van der Waals surface area contributed by atoms with E-state index in [0.29, 0.717) is 21.9 Å². The number of carboxylic acid groups (broad SMARTS) is 1. The lowest BCUT2D eigenvalue weighted by Crippen LogP contribution is -1.97. The number of halogens is 1. The Balaban J connectivity index is 2.63. The van der Waals surface area contributed by atoms with Crippen LogP contribution in [0.25, 0.3) is 11.1 Å². The van der Waals surface area contributed by atoms with Crippen LogP contribution in [0.3, 0.4) is 0 Å². The zero-order valence-corrected chi connectivity index (χ0v) is 10.5. The third-order valence-electron chi connectivity index (χ3n) is 2.34. The Morgan fingerprint density at radius 3 is 2.76 bits per heavy atom. The van der Waals surface area contributed by atoms with Crippen LogP contribution in [-0.4, -0.2) is 18.2 Å². The van der Waals surface area contributed by atoms with Crippen LogP contribution < -0.4 is 4.74 Å². The summed E-state index contributed by atoms with van der Waals surface area (Å²) < 4.78 is 5.21. The highest BCUT2D eigenvalue weighted by atomic mass is 35.5. The lowest BCUT2D eigenvalue weighted by molar-refractivity contribution is 0.0698. The van der Waals surface area contributed by atoms with Gasteiger partial charge >= 0.3 is 5.97 Å². The van der Waals surface area contributed by atoms with Gasteiger partial charge in [-0.1, -0.05) is 11.6 Å². The van der Waals surface area contributed by atoms with Gasteiger partial charge in [-0.05, 0) is 23.6 Å². The Labute approximate surface area is 107 Å². The minimum Gasteiger partial charge on any atom is -0.496 e. The molecule has 1 aromatic carbocycles. The number of benzene rings is 1. The molecular formula is C12H9ClO3S. The third-order valence-corrected chi connectivity index (χ3v) is 3.32. The van der Waals surface area contributed by atoms with Crippen molar-refractivity contribution in [2.45, 2.75) is 0 Å². The maximum Gasteiger partial charge on any atom is 0.337 e. The van der Waals surface area contributed by atoms with Crippen molar-refractivity contribution in [3.8, 4) is 16.9 Å². The fourth-order valence-electron chi connectivity index (χ4n) is 1.56. The molecule has 1 aromatic heterocycles. The molecule has 0 aliphatic rings. The summed E-state index contributed by atoms with van der Waals surface area (Å²) in [7, 11) is 1.54. The first kappa shape index (κ1) is 12.0. The van der Waals surface area contributed by atoms with Gasteiger partial charge in [-0.2, -0.15) is 11.3 Å². The molecule has 0 fully saturated rings. The molecule has 3 nitrogen and oxygen atoms in total. The third kappa shape index (κ3) is 2.28. The first-order valence-corrected chi connectivity index (χ1v) is 6.09. The molecule has 0 atom stereocenters. The Hall–Kier alpha value is -1.52. The van der Waals surface area contributed by atoms with Crippen molar-refractivity contribution in [2.75, 3.05) is 7.11 Å². The largest absolute Gasteiger partial charge is 0.496 e. The molecule has 0 radical (unpaired) electrons. The second-order valence-electron chi connectivity index (χ2n) is 3.35. The Morgan fingerprint density at radius 1 is 1.35 bits per heavy atom. The van der Waals surface area contributed by atoms with Gasteiger partial charge in [0, 0.05) is 21.5 Å². The topological polar surface area (TPSA) is 46.5 Å². The first-order valence-electron chi connectivity index (χ1n) is 4.77. The Bertz CT molecular complexity index is 563. The monoisotopic (exact) mass is 268 g/mol. The molecule has 88 valence electrons. The van der Waals surface area contributed by atoms with Crippen LogP contribution in [-0.2, 0) is 0 Å². The summed E-state index contributed by atoms with van der Waals surface area (Å²) in [5.41, 5.74) is 1.58. The number of hydrogen-bond acceptors (Lipinski definition) is 3. The summed E-state index contributed by atoms with van der Waals surface area (Å²) in [5.74, 6) is -0.349. The van der Waals surface area contributed by atoms with Gasteiger partial charge in [-0.25, -0.2) is 4.79 Å². The average Bonchev–Trinajstić information content (AvgIpc) is 2.77. The van der Waals surface area contributed by atoms with Crippen molar-refractivity contribution in [2.24, 2.45) is 0 Å². The lowest BCUT2D eigenvalue weighted by atomic mass is 10.0. The molecule has 17 heavy (non-hydrogen) atoms. The molecule has 0 saturated heterocycles. The van der Waals surface area contributed by atoms with Crippen LogP contribution in [0, 0.1) is 0 Å². The van der Waals surface area contributed by atoms with E-state index < -0.39 is 5.97 Å². The summed E-state index contributed by atoms with van der Waals surface area (Å²) in [6, 6.07) is 5.13. The molecule has 0 spiro atoms. The number of ether oxygens (including phenoxy) is 1. The molecule has 0 aliphatic heterocycles. The van der Waals surface area contributed by atoms with E-state index in [1.54, 1.807) is 36.1 Å². The average molecular weight is 269 g/mol. The van der Waals surface area contributed by atoms with Gasteiger partial charge in [0.2, 0.25) is 0 Å². The van der Waals surface area contributed by atoms with Crippen molar-refractivity contribution in [3.05, 3.63) is 39.5 Å². The van der Waals surface area contributed by atoms with Crippen molar-refractivity contribution in [1.29, 1.82) is 0 Å². The highest BCUT2D eigenvalue weighted by Crippen LogP contribution is 2.36. The number of aromatic carboxylic acids is 1. The van der Waals surface area contributed by atoms with Crippen LogP contribution in [0.4, 0.5) is 0 Å². The number of methoxy groups -OCH3 is 1. The number of thiophene rings is 1. The van der Waals surface area contributed by atoms with Crippen LogP contribution in [0.5, 0.6) is 5.75 Å². The number of carbonyl (C=O) groups is 1. The zero-order chi connectivity index (χ0) is 12.4. The Morgan fingerprint density at radius 2 is 2.12 bits per heavy atom. The summed E-state index contributed by atoms with van der Waals surface area (Å²) in [6.07, 6.45) is 0. The van der Waals surface area contributed by atoms with Crippen molar-refractivity contribution >= 4 is 28.9 Å². The summed E-state index contributed by atoms with van der Waals surface area (Å²) in [6.45, 7) is 0. The minimum atomic E-state index is -0.955. The van der Waals surface area contributed by atoms with E-state index in [9.17, 15) is 4.79 Å². The predicted molar refractivity (Wildman–Crippen MR) is 68.3 cm³/mol. The van der Waals surface area contributed by atoms with Gasteiger partial charge in [0.25, 0.3) is 0 Å². The fourth-order valence-corrected chi connectivity index (χ4v) is 2.56. The maximum absolute atomic E-state index is 11.1. The number of hydrogen-bond donors (Lipinski definition) is 1. The molecular weight excluding hydrogens is 260 g/mol. The van der Waals surface area contributed by atoms with Gasteiger partial charge in [0.05, 0.1) is 12.7 Å². The van der Waals surface area contributed by atoms with E-state index >= 15 is 0 Å². The molecule has 0 bridgehead atoms. The number of carboxylic acids is 1. The van der Waals surface area contributed by atoms with Gasteiger partial charge in [-0.15, -0.1) is 0 Å². The van der Waals surface area contributed by atoms with E-state index in [-0.39, 0.29) is 5.56 Å². The lowest BCUT2D eigenvalue weighted by Gasteiger charge is -2.08. The van der Waals surface area contributed by atoms with Crippen molar-refractivity contribution in [3.63, 3.8) is 0 Å². The second kappa shape index (κ2) is 4.77. The smallest absolute Gasteiger partial charge is 0.337 e. The molecule has 0 aliphatic carbocycles. The van der Waals surface area contributed by atoms with Gasteiger partial charge < -0.3 is 9.84 Å². The molecule has 5 heteroatoms. The number of rotatable bonds is 3. The summed E-state index contributed by atoms with van der Waals surface area (Å²) >= 11 is 7.26. The highest BCUT2D eigenvalue weighted by molar-refractivity contribution is 7.08. The minimum absolute atomic E-state index is 0.260. The SMILES string of the molecule is COc1ccc(Cl)cc1-c1cscc1C(=O)O. The predicted octanol–water partition coefficient (Wildman–Crippen LogP) is 3.78. The first-order chi connectivity index (χ1) is 8.13. The van der Waals surface area contributed by atoms with Crippen LogP contribution in [0.2, 0.25) is 5.02 Å². The van der Waals surface area contributed by atoms with E-state index in [4.69, 9.17) is 21.4 Å². The molecule has 2 aromatic rings. The van der Waals surface area contributed by atoms with E-state index in [1.165, 1.54) is 11.3 Å². The summed E-state index contributed by atoms with van der Waals surface area (Å²) in [5, 5.41) is 13.0. The van der Waals surface area contributed by atoms with Crippen LogP contribution in [0.1, 0.15) is 10.4 Å². The standard InChI is InChI=1S/C12H9ClO3S/c1-16-11-3-2-7(13)4-8(11)9-5-17-6-10(9)12(14)15/h2-6H,1H3,(H,14,15). The van der Waals surface area contributed by atoms with E-state index in [0.717, 1.165) is 0 Å². The molecule has 1 N–H and O–H groups in total. The molecule has 1 heterocycles. The highest BCUT2D eigenvalue weighted by Gasteiger charge is 2.16. The van der Waals surface area contributed by atoms with E-state index in [2.05, 4.69) is 0 Å².